The Bertz CT molecular complexity index is 877. The summed E-state index contributed by atoms with van der Waals surface area (Å²) < 4.78 is 1.52. The smallest absolute Gasteiger partial charge is 0.274 e. The van der Waals surface area contributed by atoms with Gasteiger partial charge in [0.05, 0.1) is 0 Å². The molecule has 4 rings (SSSR count). The minimum Gasteiger partial charge on any atom is -0.337 e. The van der Waals surface area contributed by atoms with Crippen molar-refractivity contribution in [2.24, 2.45) is 5.92 Å². The number of hydrogen-bond donors (Lipinski definition) is 0. The third kappa shape index (κ3) is 2.60. The topological polar surface area (TPSA) is 89.2 Å². The Balaban J connectivity index is 1.71. The summed E-state index contributed by atoms with van der Waals surface area (Å²) >= 11 is 0. The van der Waals surface area contributed by atoms with Gasteiger partial charge in [0.15, 0.2) is 11.5 Å². The maximum atomic E-state index is 12.7. The summed E-state index contributed by atoms with van der Waals surface area (Å²) in [6.45, 7) is 3.72. The van der Waals surface area contributed by atoms with E-state index in [1.165, 1.54) is 4.52 Å². The molecule has 1 unspecified atom stereocenters. The molecule has 0 spiro atoms. The lowest BCUT2D eigenvalue weighted by Gasteiger charge is -2.30. The number of carbonyl (C=O) groups is 1. The van der Waals surface area contributed by atoms with Crippen LogP contribution < -0.4 is 0 Å². The molecule has 0 saturated carbocycles. The molecule has 1 aliphatic heterocycles. The highest BCUT2D eigenvalue weighted by atomic mass is 16.2. The molecule has 3 aromatic rings. The number of amides is 1. The van der Waals surface area contributed by atoms with Gasteiger partial charge in [-0.05, 0) is 37.0 Å². The fourth-order valence-corrected chi connectivity index (χ4v) is 2.99. The first kappa shape index (κ1) is 14.7. The summed E-state index contributed by atoms with van der Waals surface area (Å²) in [6, 6.07) is 5.17. The first-order chi connectivity index (χ1) is 11.7. The molecule has 1 atom stereocenters. The van der Waals surface area contributed by atoms with Gasteiger partial charge in [0.1, 0.15) is 5.69 Å². The van der Waals surface area contributed by atoms with Crippen molar-refractivity contribution >= 4 is 11.6 Å². The molecule has 8 heteroatoms. The molecule has 1 saturated heterocycles. The third-order valence-corrected chi connectivity index (χ3v) is 4.19. The maximum Gasteiger partial charge on any atom is 0.274 e. The lowest BCUT2D eigenvalue weighted by molar-refractivity contribution is 0.0675. The van der Waals surface area contributed by atoms with Crippen LogP contribution in [0.25, 0.3) is 17.3 Å². The largest absolute Gasteiger partial charge is 0.337 e. The molecule has 1 aliphatic rings. The quantitative estimate of drug-likeness (QED) is 0.709. The maximum absolute atomic E-state index is 12.7. The average Bonchev–Trinajstić information content (AvgIpc) is 3.05. The highest BCUT2D eigenvalue weighted by molar-refractivity contribution is 5.92. The van der Waals surface area contributed by atoms with Crippen molar-refractivity contribution in [2.75, 3.05) is 13.1 Å². The molecule has 0 bridgehead atoms. The predicted molar refractivity (Wildman–Crippen MR) is 86.1 cm³/mol. The van der Waals surface area contributed by atoms with Crippen LogP contribution in [0.4, 0.5) is 0 Å². The molecule has 0 N–H and O–H groups in total. The van der Waals surface area contributed by atoms with Gasteiger partial charge in [-0.1, -0.05) is 6.92 Å². The van der Waals surface area contributed by atoms with Gasteiger partial charge in [0, 0.05) is 25.5 Å². The van der Waals surface area contributed by atoms with Crippen molar-refractivity contribution in [1.29, 1.82) is 0 Å². The normalized spacial score (nSPS) is 18.0. The van der Waals surface area contributed by atoms with Gasteiger partial charge in [-0.25, -0.2) is 9.97 Å². The number of piperidine rings is 1. The van der Waals surface area contributed by atoms with Crippen LogP contribution >= 0.6 is 0 Å². The van der Waals surface area contributed by atoms with E-state index in [0.29, 0.717) is 28.9 Å². The van der Waals surface area contributed by atoms with Gasteiger partial charge < -0.3 is 4.90 Å². The average molecular weight is 323 g/mol. The zero-order valence-corrected chi connectivity index (χ0v) is 13.3. The molecular formula is C16H17N7O. The summed E-state index contributed by atoms with van der Waals surface area (Å²) in [6.07, 6.45) is 5.46. The number of nitrogens with zero attached hydrogens (tertiary/aromatic N) is 7. The molecule has 0 aromatic carbocycles. The Morgan fingerprint density at radius 1 is 1.21 bits per heavy atom. The van der Waals surface area contributed by atoms with E-state index in [2.05, 4.69) is 32.2 Å². The van der Waals surface area contributed by atoms with Crippen LogP contribution in [0, 0.1) is 5.92 Å². The molecule has 3 aromatic heterocycles. The van der Waals surface area contributed by atoms with E-state index >= 15 is 0 Å². The fraction of sp³-hybridized carbons (Fsp3) is 0.375. The van der Waals surface area contributed by atoms with E-state index in [4.69, 9.17) is 0 Å². The summed E-state index contributed by atoms with van der Waals surface area (Å²) in [5.74, 6) is 1.31. The molecule has 1 amide bonds. The van der Waals surface area contributed by atoms with Gasteiger partial charge in [-0.2, -0.15) is 9.61 Å². The Labute approximate surface area is 138 Å². The number of likely N-dealkylation sites (tertiary alicyclic amines) is 1. The van der Waals surface area contributed by atoms with Crippen molar-refractivity contribution in [3.63, 3.8) is 0 Å². The number of hydrogen-bond acceptors (Lipinski definition) is 6. The van der Waals surface area contributed by atoms with Crippen molar-refractivity contribution in [1.82, 2.24) is 34.7 Å². The predicted octanol–water partition coefficient (Wildman–Crippen LogP) is 1.45. The summed E-state index contributed by atoms with van der Waals surface area (Å²) in [7, 11) is 0. The highest BCUT2D eigenvalue weighted by Gasteiger charge is 2.24. The fourth-order valence-electron chi connectivity index (χ4n) is 2.99. The van der Waals surface area contributed by atoms with E-state index < -0.39 is 0 Å². The second-order valence-electron chi connectivity index (χ2n) is 6.08. The van der Waals surface area contributed by atoms with Gasteiger partial charge in [0.2, 0.25) is 5.82 Å². The lowest BCUT2D eigenvalue weighted by atomic mass is 10.00. The first-order valence-corrected chi connectivity index (χ1v) is 8.01. The Hall–Kier alpha value is -2.90. The zero-order valence-electron chi connectivity index (χ0n) is 13.3. The minimum atomic E-state index is -0.0583. The van der Waals surface area contributed by atoms with Crippen LogP contribution in [0.3, 0.4) is 0 Å². The zero-order chi connectivity index (χ0) is 16.5. The number of aromatic nitrogens is 6. The SMILES string of the molecule is CC1CCCN(C(=O)c2ccc3nnc(-c4ncccn4)n3n2)C1. The van der Waals surface area contributed by atoms with Crippen LogP contribution in [-0.2, 0) is 0 Å². The van der Waals surface area contributed by atoms with Crippen molar-refractivity contribution in [3.8, 4) is 11.6 Å². The monoisotopic (exact) mass is 323 g/mol. The van der Waals surface area contributed by atoms with Crippen molar-refractivity contribution < 1.29 is 4.79 Å². The molecule has 122 valence electrons. The van der Waals surface area contributed by atoms with Crippen LogP contribution in [0.2, 0.25) is 0 Å². The van der Waals surface area contributed by atoms with Gasteiger partial charge in [-0.3, -0.25) is 4.79 Å². The van der Waals surface area contributed by atoms with Crippen LogP contribution in [0.15, 0.2) is 30.6 Å². The molecule has 4 heterocycles. The Morgan fingerprint density at radius 3 is 2.83 bits per heavy atom. The third-order valence-electron chi connectivity index (χ3n) is 4.19. The van der Waals surface area contributed by atoms with Crippen LogP contribution in [0.5, 0.6) is 0 Å². The minimum absolute atomic E-state index is 0.0583. The van der Waals surface area contributed by atoms with Gasteiger partial charge in [-0.15, -0.1) is 10.2 Å². The van der Waals surface area contributed by atoms with Gasteiger partial charge in [0.25, 0.3) is 5.91 Å². The second-order valence-corrected chi connectivity index (χ2v) is 6.08. The number of rotatable bonds is 2. The molecule has 1 fully saturated rings. The summed E-state index contributed by atoms with van der Waals surface area (Å²) in [5.41, 5.74) is 0.939. The van der Waals surface area contributed by atoms with Crippen LogP contribution in [0.1, 0.15) is 30.3 Å². The highest BCUT2D eigenvalue weighted by Crippen LogP contribution is 2.18. The van der Waals surface area contributed by atoms with Crippen LogP contribution in [-0.4, -0.2) is 53.7 Å². The molecule has 0 radical (unpaired) electrons. The number of fused-ring (bicyclic) bond motifs is 1. The molecule has 24 heavy (non-hydrogen) atoms. The van der Waals surface area contributed by atoms with E-state index in [1.807, 2.05) is 4.90 Å². The molecular weight excluding hydrogens is 306 g/mol. The summed E-state index contributed by atoms with van der Waals surface area (Å²) in [4.78, 5) is 23.0. The van der Waals surface area contributed by atoms with E-state index in [1.54, 1.807) is 30.6 Å². The molecule has 0 aliphatic carbocycles. The van der Waals surface area contributed by atoms with E-state index in [0.717, 1.165) is 25.9 Å². The Kier molecular flexibility index (Phi) is 3.64. The van der Waals surface area contributed by atoms with Crippen molar-refractivity contribution in [3.05, 3.63) is 36.3 Å². The van der Waals surface area contributed by atoms with E-state index in [-0.39, 0.29) is 5.91 Å². The van der Waals surface area contributed by atoms with Crippen molar-refractivity contribution in [2.45, 2.75) is 19.8 Å². The second kappa shape index (κ2) is 5.95. The van der Waals surface area contributed by atoms with Gasteiger partial charge >= 0.3 is 0 Å². The lowest BCUT2D eigenvalue weighted by Crippen LogP contribution is -2.39. The standard InChI is InChI=1S/C16H17N7O/c1-11-4-2-9-22(10-11)16(24)12-5-6-13-19-20-15(23(13)21-12)14-17-7-3-8-18-14/h3,5-8,11H,2,4,9-10H2,1H3. The number of carbonyl (C=O) groups excluding carboxylic acids is 1. The Morgan fingerprint density at radius 2 is 2.04 bits per heavy atom. The molecule has 8 nitrogen and oxygen atoms in total. The van der Waals surface area contributed by atoms with E-state index in [9.17, 15) is 4.79 Å². The first-order valence-electron chi connectivity index (χ1n) is 8.01. The summed E-state index contributed by atoms with van der Waals surface area (Å²) in [5, 5.41) is 12.6.